The summed E-state index contributed by atoms with van der Waals surface area (Å²) >= 11 is 0. The fraction of sp³-hybridized carbons (Fsp3) is 0.231. The summed E-state index contributed by atoms with van der Waals surface area (Å²) in [6.07, 6.45) is 12.7. The zero-order valence-corrected chi connectivity index (χ0v) is 8.79. The molecule has 0 fully saturated rings. The quantitative estimate of drug-likeness (QED) is 0.482. The molecule has 0 atom stereocenters. The highest BCUT2D eigenvalue weighted by molar-refractivity contribution is 5.28. The summed E-state index contributed by atoms with van der Waals surface area (Å²) in [5.41, 5.74) is 1.33. The van der Waals surface area contributed by atoms with Gasteiger partial charge in [0.05, 0.1) is 0 Å². The molecule has 1 aliphatic rings. The Kier molecular flexibility index (Phi) is 3.99. The SMILES string of the molecule is C=C/C(=C\C)OC1=CC=C(C)CC=C1. The second-order valence-corrected chi connectivity index (χ2v) is 3.19. The van der Waals surface area contributed by atoms with Crippen LogP contribution in [0.2, 0.25) is 0 Å². The van der Waals surface area contributed by atoms with Gasteiger partial charge < -0.3 is 4.74 Å². The van der Waals surface area contributed by atoms with E-state index in [0.717, 1.165) is 17.9 Å². The van der Waals surface area contributed by atoms with Crippen LogP contribution in [0.15, 0.2) is 60.1 Å². The predicted octanol–water partition coefficient (Wildman–Crippen LogP) is 3.88. The minimum atomic E-state index is 0.786. The molecule has 1 aliphatic carbocycles. The van der Waals surface area contributed by atoms with E-state index in [1.807, 2.05) is 25.2 Å². The molecule has 0 aromatic heterocycles. The smallest absolute Gasteiger partial charge is 0.127 e. The summed E-state index contributed by atoms with van der Waals surface area (Å²) in [7, 11) is 0. The average Bonchev–Trinajstić information content (AvgIpc) is 2.40. The van der Waals surface area contributed by atoms with Gasteiger partial charge in [0, 0.05) is 0 Å². The standard InChI is InChI=1S/C13H16O/c1-4-12(5-2)14-13-8-6-7-11(3)9-10-13/h4-6,8-10H,1,7H2,2-3H3/b12-5+. The van der Waals surface area contributed by atoms with Crippen molar-refractivity contribution >= 4 is 0 Å². The highest BCUT2D eigenvalue weighted by Gasteiger charge is 1.98. The number of rotatable bonds is 3. The maximum absolute atomic E-state index is 5.59. The van der Waals surface area contributed by atoms with Gasteiger partial charge in [-0.25, -0.2) is 0 Å². The fourth-order valence-electron chi connectivity index (χ4n) is 1.13. The molecule has 1 nitrogen and oxygen atoms in total. The molecule has 0 N–H and O–H groups in total. The third kappa shape index (κ3) is 3.09. The Labute approximate surface area is 85.8 Å². The number of hydrogen-bond acceptors (Lipinski definition) is 1. The van der Waals surface area contributed by atoms with Crippen LogP contribution in [0.25, 0.3) is 0 Å². The molecule has 0 aliphatic heterocycles. The van der Waals surface area contributed by atoms with Gasteiger partial charge in [0.15, 0.2) is 0 Å². The summed E-state index contributed by atoms with van der Waals surface area (Å²) in [6, 6.07) is 0. The summed E-state index contributed by atoms with van der Waals surface area (Å²) in [5, 5.41) is 0. The van der Waals surface area contributed by atoms with Gasteiger partial charge in [-0.05, 0) is 44.6 Å². The van der Waals surface area contributed by atoms with Crippen LogP contribution in [-0.4, -0.2) is 0 Å². The second-order valence-electron chi connectivity index (χ2n) is 3.19. The second kappa shape index (κ2) is 5.28. The Hall–Kier alpha value is -1.50. The van der Waals surface area contributed by atoms with Gasteiger partial charge in [0.2, 0.25) is 0 Å². The van der Waals surface area contributed by atoms with Gasteiger partial charge in [-0.3, -0.25) is 0 Å². The third-order valence-electron chi connectivity index (χ3n) is 1.98. The van der Waals surface area contributed by atoms with Gasteiger partial charge in [0.25, 0.3) is 0 Å². The number of allylic oxidation sites excluding steroid dienone is 7. The van der Waals surface area contributed by atoms with Crippen molar-refractivity contribution < 1.29 is 4.74 Å². The lowest BCUT2D eigenvalue weighted by molar-refractivity contribution is 0.336. The summed E-state index contributed by atoms with van der Waals surface area (Å²) in [4.78, 5) is 0. The van der Waals surface area contributed by atoms with Gasteiger partial charge in [-0.1, -0.05) is 24.3 Å². The van der Waals surface area contributed by atoms with Crippen molar-refractivity contribution in [3.8, 4) is 0 Å². The molecule has 0 spiro atoms. The van der Waals surface area contributed by atoms with Crippen LogP contribution in [0.3, 0.4) is 0 Å². The Morgan fingerprint density at radius 1 is 1.50 bits per heavy atom. The van der Waals surface area contributed by atoms with E-state index in [4.69, 9.17) is 4.74 Å². The Balaban J connectivity index is 2.74. The van der Waals surface area contributed by atoms with Crippen LogP contribution >= 0.6 is 0 Å². The Morgan fingerprint density at radius 2 is 2.29 bits per heavy atom. The molecule has 0 heterocycles. The molecule has 74 valence electrons. The molecule has 0 aromatic rings. The molecule has 1 heteroatoms. The van der Waals surface area contributed by atoms with Gasteiger partial charge >= 0.3 is 0 Å². The van der Waals surface area contributed by atoms with Crippen LogP contribution in [0.1, 0.15) is 20.3 Å². The van der Waals surface area contributed by atoms with Crippen LogP contribution in [0.4, 0.5) is 0 Å². The fourth-order valence-corrected chi connectivity index (χ4v) is 1.13. The van der Waals surface area contributed by atoms with Crippen LogP contribution in [0, 0.1) is 0 Å². The van der Waals surface area contributed by atoms with E-state index < -0.39 is 0 Å². The van der Waals surface area contributed by atoms with Crippen molar-refractivity contribution in [3.05, 3.63) is 60.1 Å². The third-order valence-corrected chi connectivity index (χ3v) is 1.98. The molecule has 0 amide bonds. The average molecular weight is 188 g/mol. The van der Waals surface area contributed by atoms with E-state index in [1.165, 1.54) is 5.57 Å². The monoisotopic (exact) mass is 188 g/mol. The summed E-state index contributed by atoms with van der Waals surface area (Å²) < 4.78 is 5.59. The molecule has 0 aromatic carbocycles. The zero-order chi connectivity index (χ0) is 10.4. The lowest BCUT2D eigenvalue weighted by atomic mass is 10.2. The molecule has 1 rings (SSSR count). The number of hydrogen-bond donors (Lipinski definition) is 0. The summed E-state index contributed by atoms with van der Waals surface area (Å²) in [6.45, 7) is 7.71. The van der Waals surface area contributed by atoms with E-state index in [2.05, 4.69) is 25.7 Å². The maximum Gasteiger partial charge on any atom is 0.127 e. The largest absolute Gasteiger partial charge is 0.458 e. The van der Waals surface area contributed by atoms with Crippen molar-refractivity contribution in [2.24, 2.45) is 0 Å². The van der Waals surface area contributed by atoms with E-state index in [0.29, 0.717) is 0 Å². The van der Waals surface area contributed by atoms with E-state index in [1.54, 1.807) is 6.08 Å². The van der Waals surface area contributed by atoms with Gasteiger partial charge in [-0.2, -0.15) is 0 Å². The molecular formula is C13H16O. The maximum atomic E-state index is 5.59. The molecule has 14 heavy (non-hydrogen) atoms. The van der Waals surface area contributed by atoms with E-state index in [9.17, 15) is 0 Å². The minimum Gasteiger partial charge on any atom is -0.458 e. The first kappa shape index (κ1) is 10.6. The lowest BCUT2D eigenvalue weighted by Crippen LogP contribution is -1.86. The predicted molar refractivity (Wildman–Crippen MR) is 60.6 cm³/mol. The molecule has 0 bridgehead atoms. The first-order valence-corrected chi connectivity index (χ1v) is 4.77. The van der Waals surface area contributed by atoms with E-state index in [-0.39, 0.29) is 0 Å². The zero-order valence-electron chi connectivity index (χ0n) is 8.79. The Bertz CT molecular complexity index is 327. The van der Waals surface area contributed by atoms with Crippen molar-refractivity contribution in [2.45, 2.75) is 20.3 Å². The lowest BCUT2D eigenvalue weighted by Gasteiger charge is -2.05. The minimum absolute atomic E-state index is 0.786. The molecule has 0 saturated heterocycles. The van der Waals surface area contributed by atoms with Gasteiger partial charge in [0.1, 0.15) is 11.5 Å². The molecule has 0 unspecified atom stereocenters. The first-order chi connectivity index (χ1) is 6.76. The van der Waals surface area contributed by atoms with E-state index >= 15 is 0 Å². The van der Waals surface area contributed by atoms with Crippen LogP contribution < -0.4 is 0 Å². The normalized spacial score (nSPS) is 16.9. The van der Waals surface area contributed by atoms with Crippen LogP contribution in [0.5, 0.6) is 0 Å². The Morgan fingerprint density at radius 3 is 2.93 bits per heavy atom. The topological polar surface area (TPSA) is 9.23 Å². The van der Waals surface area contributed by atoms with Gasteiger partial charge in [-0.15, -0.1) is 0 Å². The van der Waals surface area contributed by atoms with Crippen molar-refractivity contribution in [1.82, 2.24) is 0 Å². The number of ether oxygens (including phenoxy) is 1. The first-order valence-electron chi connectivity index (χ1n) is 4.77. The van der Waals surface area contributed by atoms with Crippen molar-refractivity contribution in [1.29, 1.82) is 0 Å². The highest BCUT2D eigenvalue weighted by atomic mass is 16.5. The van der Waals surface area contributed by atoms with Crippen LogP contribution in [-0.2, 0) is 4.74 Å². The molecule has 0 saturated carbocycles. The molecular weight excluding hydrogens is 172 g/mol. The van der Waals surface area contributed by atoms with Crippen molar-refractivity contribution in [3.63, 3.8) is 0 Å². The highest BCUT2D eigenvalue weighted by Crippen LogP contribution is 2.14. The summed E-state index contributed by atoms with van der Waals surface area (Å²) in [5.74, 6) is 1.64. The van der Waals surface area contributed by atoms with Crippen molar-refractivity contribution in [2.75, 3.05) is 0 Å². The molecule has 0 radical (unpaired) electrons.